The van der Waals surface area contributed by atoms with Gasteiger partial charge in [-0.15, -0.1) is 0 Å². The minimum Gasteiger partial charge on any atom is -0.349 e. The van der Waals surface area contributed by atoms with Crippen LogP contribution in [0.15, 0.2) is 42.5 Å². The van der Waals surface area contributed by atoms with Crippen molar-refractivity contribution in [3.8, 4) is 0 Å². The van der Waals surface area contributed by atoms with Crippen LogP contribution < -0.4 is 5.32 Å². The monoisotopic (exact) mass is 306 g/mol. The van der Waals surface area contributed by atoms with Gasteiger partial charge in [-0.25, -0.2) is 0 Å². The first-order valence-corrected chi connectivity index (χ1v) is 8.79. The quantitative estimate of drug-likeness (QED) is 0.925. The molecule has 0 aromatic heterocycles. The Kier molecular flexibility index (Phi) is 2.99. The van der Waals surface area contributed by atoms with Crippen LogP contribution in [0, 0.1) is 17.8 Å². The highest BCUT2D eigenvalue weighted by molar-refractivity contribution is 6.07. The van der Waals surface area contributed by atoms with E-state index in [1.54, 1.807) is 0 Å². The molecule has 2 atom stereocenters. The van der Waals surface area contributed by atoms with Crippen LogP contribution in [0.2, 0.25) is 0 Å². The van der Waals surface area contributed by atoms with Gasteiger partial charge >= 0.3 is 0 Å². The van der Waals surface area contributed by atoms with Crippen molar-refractivity contribution in [2.24, 2.45) is 17.8 Å². The van der Waals surface area contributed by atoms with Gasteiger partial charge in [0.25, 0.3) is 5.91 Å². The summed E-state index contributed by atoms with van der Waals surface area (Å²) in [6, 6.07) is 14.5. The van der Waals surface area contributed by atoms with Gasteiger partial charge in [0.2, 0.25) is 0 Å². The lowest BCUT2D eigenvalue weighted by atomic mass is 9.65. The highest BCUT2D eigenvalue weighted by Crippen LogP contribution is 2.43. The second-order valence-corrected chi connectivity index (χ2v) is 7.60. The molecule has 3 saturated heterocycles. The maximum absolute atomic E-state index is 12.9. The predicted octanol–water partition coefficient (Wildman–Crippen LogP) is 2.91. The van der Waals surface area contributed by atoms with Crippen LogP contribution in [-0.4, -0.2) is 36.5 Å². The molecular weight excluding hydrogens is 284 g/mol. The van der Waals surface area contributed by atoms with Gasteiger partial charge < -0.3 is 10.2 Å². The molecule has 1 amide bonds. The number of carbonyl (C=O) groups is 1. The number of hydrogen-bond donors (Lipinski definition) is 1. The summed E-state index contributed by atoms with van der Waals surface area (Å²) in [6.45, 7) is 3.64. The standard InChI is InChI=1S/C20H22N2O/c23-20(18-7-3-5-14-4-1-2-6-17(14)18)21-19-15-8-13-9-16(19)12-22(10-13)11-15/h1-7,13,15-16,19H,8-12H2,(H,21,23)/t13?,15-,16-,19?/m0/s1. The smallest absolute Gasteiger partial charge is 0.252 e. The Morgan fingerprint density at radius 3 is 2.48 bits per heavy atom. The molecule has 3 heteroatoms. The first-order chi connectivity index (χ1) is 11.3. The molecule has 0 spiro atoms. The summed E-state index contributed by atoms with van der Waals surface area (Å²) < 4.78 is 0. The van der Waals surface area contributed by atoms with Crippen molar-refractivity contribution in [3.63, 3.8) is 0 Å². The molecule has 3 heterocycles. The number of rotatable bonds is 2. The van der Waals surface area contributed by atoms with E-state index >= 15 is 0 Å². The second kappa shape index (κ2) is 5.07. The largest absolute Gasteiger partial charge is 0.349 e. The van der Waals surface area contributed by atoms with Crippen molar-refractivity contribution in [2.45, 2.75) is 18.9 Å². The van der Waals surface area contributed by atoms with E-state index in [0.717, 1.165) is 22.3 Å². The van der Waals surface area contributed by atoms with Gasteiger partial charge in [-0.05, 0) is 47.4 Å². The highest BCUT2D eigenvalue weighted by atomic mass is 16.1. The minimum absolute atomic E-state index is 0.106. The van der Waals surface area contributed by atoms with Crippen LogP contribution in [0.3, 0.4) is 0 Å². The number of carbonyl (C=O) groups excluding carboxylic acids is 1. The Morgan fingerprint density at radius 1 is 0.957 bits per heavy atom. The van der Waals surface area contributed by atoms with Crippen molar-refractivity contribution in [1.82, 2.24) is 10.2 Å². The van der Waals surface area contributed by atoms with Crippen LogP contribution in [0.5, 0.6) is 0 Å². The van der Waals surface area contributed by atoms with E-state index in [4.69, 9.17) is 0 Å². The third-order valence-corrected chi connectivity index (χ3v) is 6.12. The predicted molar refractivity (Wildman–Crippen MR) is 91.3 cm³/mol. The number of fused-ring (bicyclic) bond motifs is 1. The summed E-state index contributed by atoms with van der Waals surface area (Å²) in [5.41, 5.74) is 0.817. The van der Waals surface area contributed by atoms with Crippen molar-refractivity contribution in [3.05, 3.63) is 48.0 Å². The molecule has 1 aliphatic carbocycles. The number of hydrogen-bond acceptors (Lipinski definition) is 2. The van der Waals surface area contributed by atoms with Gasteiger partial charge in [-0.3, -0.25) is 4.79 Å². The van der Waals surface area contributed by atoms with Crippen LogP contribution in [0.4, 0.5) is 0 Å². The SMILES string of the molecule is O=C(NC1[C@H]2CC3C[C@H]1CN(C3)C2)c1cccc2ccccc12. The van der Waals surface area contributed by atoms with Gasteiger partial charge in [0.05, 0.1) is 0 Å². The zero-order chi connectivity index (χ0) is 15.4. The molecule has 1 N–H and O–H groups in total. The average molecular weight is 306 g/mol. The molecule has 4 fully saturated rings. The molecule has 4 aliphatic rings. The lowest BCUT2D eigenvalue weighted by Gasteiger charge is -2.55. The summed E-state index contributed by atoms with van der Waals surface area (Å²) in [7, 11) is 0. The summed E-state index contributed by atoms with van der Waals surface area (Å²) in [5.74, 6) is 2.29. The van der Waals surface area contributed by atoms with Gasteiger partial charge in [-0.2, -0.15) is 0 Å². The first-order valence-electron chi connectivity index (χ1n) is 8.79. The van der Waals surface area contributed by atoms with Gasteiger partial charge in [0, 0.05) is 31.2 Å². The fourth-order valence-corrected chi connectivity index (χ4v) is 5.30. The number of benzene rings is 2. The van der Waals surface area contributed by atoms with E-state index in [0.29, 0.717) is 17.9 Å². The zero-order valence-corrected chi connectivity index (χ0v) is 13.2. The second-order valence-electron chi connectivity index (χ2n) is 7.60. The Balaban J connectivity index is 1.43. The molecule has 118 valence electrons. The van der Waals surface area contributed by atoms with Crippen LogP contribution >= 0.6 is 0 Å². The van der Waals surface area contributed by atoms with E-state index in [1.165, 1.54) is 32.5 Å². The van der Waals surface area contributed by atoms with Gasteiger partial charge in [0.1, 0.15) is 0 Å². The number of nitrogens with zero attached hydrogens (tertiary/aromatic N) is 1. The summed E-state index contributed by atoms with van der Waals surface area (Å²) in [4.78, 5) is 15.5. The maximum Gasteiger partial charge on any atom is 0.252 e. The third-order valence-electron chi connectivity index (χ3n) is 6.12. The Hall–Kier alpha value is -1.87. The Morgan fingerprint density at radius 2 is 1.70 bits per heavy atom. The third kappa shape index (κ3) is 2.18. The number of nitrogens with one attached hydrogen (secondary N) is 1. The molecule has 6 rings (SSSR count). The van der Waals surface area contributed by atoms with Crippen molar-refractivity contribution >= 4 is 16.7 Å². The molecule has 23 heavy (non-hydrogen) atoms. The van der Waals surface area contributed by atoms with E-state index in [-0.39, 0.29) is 5.91 Å². The number of piperidine rings is 3. The lowest BCUT2D eigenvalue weighted by Crippen LogP contribution is -2.64. The molecule has 1 saturated carbocycles. The average Bonchev–Trinajstić information content (AvgIpc) is 2.57. The zero-order valence-electron chi connectivity index (χ0n) is 13.2. The van der Waals surface area contributed by atoms with E-state index in [2.05, 4.69) is 22.3 Å². The molecule has 3 nitrogen and oxygen atoms in total. The Bertz CT molecular complexity index is 736. The summed E-state index contributed by atoms with van der Waals surface area (Å²) in [5, 5.41) is 5.60. The molecule has 2 aromatic carbocycles. The van der Waals surface area contributed by atoms with Crippen LogP contribution in [0.1, 0.15) is 23.2 Å². The Labute approximate surface area is 136 Å². The van der Waals surface area contributed by atoms with Gasteiger partial charge in [0.15, 0.2) is 0 Å². The topological polar surface area (TPSA) is 32.3 Å². The molecule has 4 bridgehead atoms. The summed E-state index contributed by atoms with van der Waals surface area (Å²) in [6.07, 6.45) is 2.60. The first kappa shape index (κ1) is 13.6. The maximum atomic E-state index is 12.9. The van der Waals surface area contributed by atoms with Crippen molar-refractivity contribution in [1.29, 1.82) is 0 Å². The fourth-order valence-electron chi connectivity index (χ4n) is 5.30. The molecule has 3 aliphatic heterocycles. The van der Waals surface area contributed by atoms with Crippen LogP contribution in [0.25, 0.3) is 10.8 Å². The molecule has 0 radical (unpaired) electrons. The molecule has 0 unspecified atom stereocenters. The highest BCUT2D eigenvalue weighted by Gasteiger charge is 2.47. The molecular formula is C20H22N2O. The fraction of sp³-hybridized carbons (Fsp3) is 0.450. The van der Waals surface area contributed by atoms with Crippen molar-refractivity contribution < 1.29 is 4.79 Å². The van der Waals surface area contributed by atoms with E-state index in [9.17, 15) is 4.79 Å². The summed E-state index contributed by atoms with van der Waals surface area (Å²) >= 11 is 0. The lowest BCUT2D eigenvalue weighted by molar-refractivity contribution is -0.0418. The number of amides is 1. The van der Waals surface area contributed by atoms with E-state index in [1.807, 2.05) is 30.3 Å². The molecule has 2 aromatic rings. The van der Waals surface area contributed by atoms with Gasteiger partial charge in [-0.1, -0.05) is 36.4 Å². The van der Waals surface area contributed by atoms with Crippen LogP contribution in [-0.2, 0) is 0 Å². The van der Waals surface area contributed by atoms with E-state index < -0.39 is 0 Å². The minimum atomic E-state index is 0.106. The van der Waals surface area contributed by atoms with Crippen molar-refractivity contribution in [2.75, 3.05) is 19.6 Å². The normalized spacial score (nSPS) is 34.7.